The summed E-state index contributed by atoms with van der Waals surface area (Å²) in [4.78, 5) is 6.82. The van der Waals surface area contributed by atoms with Gasteiger partial charge in [0, 0.05) is 33.4 Å². The van der Waals surface area contributed by atoms with Crippen LogP contribution in [0.25, 0.3) is 0 Å². The molecule has 1 fully saturated rings. The molecule has 0 aliphatic carbocycles. The number of rotatable bonds is 13. The van der Waals surface area contributed by atoms with E-state index >= 15 is 0 Å². The Morgan fingerprint density at radius 2 is 1.80 bits per heavy atom. The highest BCUT2D eigenvalue weighted by Crippen LogP contribution is 2.07. The molecule has 0 aromatic heterocycles. The average molecular weight is 470 g/mol. The molecule has 1 heterocycles. The second kappa shape index (κ2) is 17.3. The SMILES string of the molecule is CCCN(CCC)CCCNC(=NC)NCCCOC1CCOC1.I. The molecule has 1 aliphatic rings. The van der Waals surface area contributed by atoms with Crippen molar-refractivity contribution < 1.29 is 9.47 Å². The number of nitrogens with zero attached hydrogens (tertiary/aromatic N) is 2. The first-order chi connectivity index (χ1) is 11.8. The maximum absolute atomic E-state index is 5.76. The minimum atomic E-state index is 0. The molecule has 0 amide bonds. The van der Waals surface area contributed by atoms with Gasteiger partial charge in [-0.05, 0) is 51.7 Å². The molecule has 1 unspecified atom stereocenters. The Hall–Kier alpha value is -0.120. The van der Waals surface area contributed by atoms with E-state index in [2.05, 4.69) is 34.4 Å². The van der Waals surface area contributed by atoms with Gasteiger partial charge in [-0.1, -0.05) is 13.8 Å². The van der Waals surface area contributed by atoms with Crippen LogP contribution in [0.15, 0.2) is 4.99 Å². The van der Waals surface area contributed by atoms with Gasteiger partial charge in [-0.2, -0.15) is 0 Å². The molecule has 1 atom stereocenters. The Balaban J connectivity index is 0.00000576. The molecule has 0 bridgehead atoms. The zero-order chi connectivity index (χ0) is 17.5. The molecule has 0 saturated carbocycles. The van der Waals surface area contributed by atoms with Crippen LogP contribution in [0.3, 0.4) is 0 Å². The van der Waals surface area contributed by atoms with Crippen molar-refractivity contribution in [2.75, 3.05) is 59.6 Å². The predicted molar refractivity (Wildman–Crippen MR) is 116 cm³/mol. The molecule has 1 saturated heterocycles. The molecule has 1 aliphatic heterocycles. The van der Waals surface area contributed by atoms with Crippen molar-refractivity contribution in [3.05, 3.63) is 0 Å². The van der Waals surface area contributed by atoms with E-state index in [1.165, 1.54) is 25.9 Å². The number of hydrogen-bond donors (Lipinski definition) is 2. The summed E-state index contributed by atoms with van der Waals surface area (Å²) >= 11 is 0. The fourth-order valence-electron chi connectivity index (χ4n) is 2.87. The van der Waals surface area contributed by atoms with Crippen molar-refractivity contribution in [1.82, 2.24) is 15.5 Å². The van der Waals surface area contributed by atoms with Gasteiger partial charge >= 0.3 is 0 Å². The topological polar surface area (TPSA) is 58.1 Å². The van der Waals surface area contributed by atoms with E-state index in [9.17, 15) is 0 Å². The van der Waals surface area contributed by atoms with Gasteiger partial charge in [0.05, 0.1) is 12.7 Å². The van der Waals surface area contributed by atoms with Crippen molar-refractivity contribution in [3.8, 4) is 0 Å². The molecule has 1 rings (SSSR count). The summed E-state index contributed by atoms with van der Waals surface area (Å²) in [5, 5.41) is 6.74. The molecular formula is C18H39IN4O2. The van der Waals surface area contributed by atoms with Gasteiger partial charge in [-0.15, -0.1) is 24.0 Å². The van der Waals surface area contributed by atoms with Gasteiger partial charge in [0.2, 0.25) is 0 Å². The van der Waals surface area contributed by atoms with Crippen LogP contribution in [0.2, 0.25) is 0 Å². The summed E-state index contributed by atoms with van der Waals surface area (Å²) < 4.78 is 11.1. The van der Waals surface area contributed by atoms with Crippen molar-refractivity contribution in [2.24, 2.45) is 4.99 Å². The molecule has 25 heavy (non-hydrogen) atoms. The van der Waals surface area contributed by atoms with Crippen LogP contribution < -0.4 is 10.6 Å². The average Bonchev–Trinajstić information content (AvgIpc) is 3.10. The molecule has 6 nitrogen and oxygen atoms in total. The number of guanidine groups is 1. The summed E-state index contributed by atoms with van der Waals surface area (Å²) in [7, 11) is 1.82. The van der Waals surface area contributed by atoms with Crippen molar-refractivity contribution in [1.29, 1.82) is 0 Å². The van der Waals surface area contributed by atoms with E-state index in [0.717, 1.165) is 64.7 Å². The second-order valence-corrected chi connectivity index (χ2v) is 6.33. The summed E-state index contributed by atoms with van der Waals surface area (Å²) in [5.41, 5.74) is 0. The number of nitrogens with one attached hydrogen (secondary N) is 2. The third-order valence-corrected chi connectivity index (χ3v) is 4.10. The number of hydrogen-bond acceptors (Lipinski definition) is 4. The Morgan fingerprint density at radius 3 is 2.36 bits per heavy atom. The number of aliphatic imine (C=N–C) groups is 1. The first kappa shape index (κ1) is 24.9. The van der Waals surface area contributed by atoms with E-state index < -0.39 is 0 Å². The molecule has 150 valence electrons. The van der Waals surface area contributed by atoms with Gasteiger partial charge in [0.25, 0.3) is 0 Å². The van der Waals surface area contributed by atoms with Crippen LogP contribution in [-0.2, 0) is 9.47 Å². The van der Waals surface area contributed by atoms with E-state index in [1.54, 1.807) is 0 Å². The lowest BCUT2D eigenvalue weighted by molar-refractivity contribution is 0.0420. The molecule has 0 aromatic carbocycles. The van der Waals surface area contributed by atoms with Gasteiger partial charge in [0.15, 0.2) is 5.96 Å². The Labute approximate surface area is 171 Å². The normalized spacial score (nSPS) is 17.6. The highest BCUT2D eigenvalue weighted by atomic mass is 127. The van der Waals surface area contributed by atoms with Crippen molar-refractivity contribution in [3.63, 3.8) is 0 Å². The summed E-state index contributed by atoms with van der Waals surface area (Å²) in [6.45, 7) is 12.3. The maximum atomic E-state index is 5.76. The van der Waals surface area contributed by atoms with Crippen LogP contribution in [0.4, 0.5) is 0 Å². The van der Waals surface area contributed by atoms with Crippen LogP contribution >= 0.6 is 24.0 Å². The molecule has 0 spiro atoms. The summed E-state index contributed by atoms with van der Waals surface area (Å²) in [6, 6.07) is 0. The number of halogens is 1. The molecule has 7 heteroatoms. The van der Waals surface area contributed by atoms with E-state index in [1.807, 2.05) is 7.05 Å². The first-order valence-corrected chi connectivity index (χ1v) is 9.66. The number of ether oxygens (including phenoxy) is 2. The van der Waals surface area contributed by atoms with Crippen LogP contribution in [0.5, 0.6) is 0 Å². The van der Waals surface area contributed by atoms with Gasteiger partial charge in [-0.25, -0.2) is 0 Å². The van der Waals surface area contributed by atoms with E-state index in [4.69, 9.17) is 9.47 Å². The van der Waals surface area contributed by atoms with Crippen molar-refractivity contribution in [2.45, 2.75) is 52.1 Å². The monoisotopic (exact) mass is 470 g/mol. The molecule has 0 aromatic rings. The third kappa shape index (κ3) is 12.8. The molecule has 0 radical (unpaired) electrons. The quantitative estimate of drug-likeness (QED) is 0.188. The van der Waals surface area contributed by atoms with E-state index in [0.29, 0.717) is 6.10 Å². The fraction of sp³-hybridized carbons (Fsp3) is 0.944. The molecule has 2 N–H and O–H groups in total. The predicted octanol–water partition coefficient (Wildman–Crippen LogP) is 2.48. The third-order valence-electron chi connectivity index (χ3n) is 4.10. The van der Waals surface area contributed by atoms with Crippen LogP contribution in [-0.4, -0.2) is 76.6 Å². The fourth-order valence-corrected chi connectivity index (χ4v) is 2.87. The largest absolute Gasteiger partial charge is 0.379 e. The van der Waals surface area contributed by atoms with Crippen molar-refractivity contribution >= 4 is 29.9 Å². The van der Waals surface area contributed by atoms with E-state index in [-0.39, 0.29) is 24.0 Å². The minimum Gasteiger partial charge on any atom is -0.379 e. The Bertz CT molecular complexity index is 320. The zero-order valence-electron chi connectivity index (χ0n) is 16.4. The summed E-state index contributed by atoms with van der Waals surface area (Å²) in [5.74, 6) is 0.886. The lowest BCUT2D eigenvalue weighted by atomic mass is 10.3. The van der Waals surface area contributed by atoms with Crippen LogP contribution in [0, 0.1) is 0 Å². The van der Waals surface area contributed by atoms with Crippen LogP contribution in [0.1, 0.15) is 46.0 Å². The summed E-state index contributed by atoms with van der Waals surface area (Å²) in [6.07, 6.45) is 5.92. The lowest BCUT2D eigenvalue weighted by Crippen LogP contribution is -2.39. The lowest BCUT2D eigenvalue weighted by Gasteiger charge is -2.21. The smallest absolute Gasteiger partial charge is 0.190 e. The minimum absolute atomic E-state index is 0. The Morgan fingerprint density at radius 1 is 1.12 bits per heavy atom. The highest BCUT2D eigenvalue weighted by Gasteiger charge is 2.15. The van der Waals surface area contributed by atoms with Gasteiger partial charge in [-0.3, -0.25) is 4.99 Å². The standard InChI is InChI=1S/C18H38N4O2.HI/c1-4-11-22(12-5-2)13-6-9-20-18(19-3)21-10-7-14-24-17-8-15-23-16-17;/h17H,4-16H2,1-3H3,(H2,19,20,21);1H. The second-order valence-electron chi connectivity index (χ2n) is 6.33. The zero-order valence-corrected chi connectivity index (χ0v) is 18.7. The van der Waals surface area contributed by atoms with Gasteiger partial charge in [0.1, 0.15) is 0 Å². The van der Waals surface area contributed by atoms with Gasteiger partial charge < -0.3 is 25.0 Å². The highest BCUT2D eigenvalue weighted by molar-refractivity contribution is 14.0. The molecular weight excluding hydrogens is 431 g/mol. The first-order valence-electron chi connectivity index (χ1n) is 9.66. The Kier molecular flexibility index (Phi) is 17.2. The maximum Gasteiger partial charge on any atom is 0.190 e.